The van der Waals surface area contributed by atoms with Crippen LogP contribution in [0.3, 0.4) is 0 Å². The SMILES string of the molecule is Cc1cc(NC(=O)C(COI)c2ccccc2)ccc1S(=O)(=O)Nc1cccc(OC(F)(F)P)c1. The Morgan fingerprint density at radius 2 is 1.77 bits per heavy atom. The Labute approximate surface area is 218 Å². The molecule has 1 amide bonds. The second-order valence-corrected chi connectivity index (χ2v) is 10.5. The molecule has 0 aromatic heterocycles. The lowest BCUT2D eigenvalue weighted by atomic mass is 9.99. The number of halogens is 3. The Kier molecular flexibility index (Phi) is 9.03. The number of aryl methyl sites for hydroxylation is 1. The zero-order chi connectivity index (χ0) is 25.6. The van der Waals surface area contributed by atoms with E-state index in [0.717, 1.165) is 11.6 Å². The molecular weight excluding hydrogens is 612 g/mol. The lowest BCUT2D eigenvalue weighted by Gasteiger charge is -2.17. The average molecular weight is 634 g/mol. The third-order valence-corrected chi connectivity index (χ3v) is 6.84. The van der Waals surface area contributed by atoms with E-state index >= 15 is 0 Å². The Morgan fingerprint density at radius 3 is 2.40 bits per heavy atom. The number of anilines is 2. The van der Waals surface area contributed by atoms with Crippen molar-refractivity contribution in [3.63, 3.8) is 0 Å². The minimum Gasteiger partial charge on any atom is -0.430 e. The highest BCUT2D eigenvalue weighted by molar-refractivity contribution is 14.1. The third-order valence-electron chi connectivity index (χ3n) is 4.82. The first-order chi connectivity index (χ1) is 16.5. The van der Waals surface area contributed by atoms with E-state index in [2.05, 4.69) is 14.8 Å². The molecule has 186 valence electrons. The van der Waals surface area contributed by atoms with Gasteiger partial charge in [0.2, 0.25) is 5.91 Å². The van der Waals surface area contributed by atoms with Crippen molar-refractivity contribution in [2.75, 3.05) is 16.6 Å². The van der Waals surface area contributed by atoms with Crippen LogP contribution < -0.4 is 14.8 Å². The summed E-state index contributed by atoms with van der Waals surface area (Å²) in [5, 5.41) is 2.80. The molecule has 7 nitrogen and oxygen atoms in total. The summed E-state index contributed by atoms with van der Waals surface area (Å²) in [7, 11) is -2.80. The molecule has 0 radical (unpaired) electrons. The van der Waals surface area contributed by atoms with Crippen molar-refractivity contribution in [2.45, 2.75) is 23.6 Å². The Bertz CT molecular complexity index is 1290. The van der Waals surface area contributed by atoms with Crippen LogP contribution in [0.2, 0.25) is 0 Å². The number of alkyl halides is 2. The lowest BCUT2D eigenvalue weighted by Crippen LogP contribution is -2.24. The fourth-order valence-electron chi connectivity index (χ4n) is 3.32. The zero-order valence-corrected chi connectivity index (χ0v) is 22.5. The van der Waals surface area contributed by atoms with Crippen LogP contribution in [0.1, 0.15) is 17.0 Å². The van der Waals surface area contributed by atoms with Crippen LogP contribution in [0.5, 0.6) is 5.75 Å². The van der Waals surface area contributed by atoms with Crippen LogP contribution in [0.4, 0.5) is 20.2 Å². The summed E-state index contributed by atoms with van der Waals surface area (Å²) in [6, 6.07) is 18.8. The molecule has 0 aliphatic rings. The number of ether oxygens (including phenoxy) is 1. The van der Waals surface area contributed by atoms with Crippen LogP contribution in [0.25, 0.3) is 0 Å². The second-order valence-electron chi connectivity index (χ2n) is 7.51. The van der Waals surface area contributed by atoms with Gasteiger partial charge in [-0.2, -0.15) is 8.78 Å². The largest absolute Gasteiger partial charge is 0.430 e. The Morgan fingerprint density at radius 1 is 1.06 bits per heavy atom. The van der Waals surface area contributed by atoms with Crippen LogP contribution in [0.15, 0.2) is 77.7 Å². The van der Waals surface area contributed by atoms with Gasteiger partial charge in [0.25, 0.3) is 10.0 Å². The molecule has 35 heavy (non-hydrogen) atoms. The van der Waals surface area contributed by atoms with Gasteiger partial charge in [-0.05, 0) is 57.6 Å². The molecule has 0 bridgehead atoms. The molecule has 0 heterocycles. The molecular formula is C23H22F2IN2O5PS. The minimum absolute atomic E-state index is 0.0339. The van der Waals surface area contributed by atoms with Crippen molar-refractivity contribution >= 4 is 59.6 Å². The van der Waals surface area contributed by atoms with Crippen molar-refractivity contribution in [2.24, 2.45) is 0 Å². The molecule has 0 fully saturated rings. The van der Waals surface area contributed by atoms with Crippen molar-refractivity contribution in [3.05, 3.63) is 83.9 Å². The third kappa shape index (κ3) is 7.83. The van der Waals surface area contributed by atoms with Gasteiger partial charge in [0.15, 0.2) is 0 Å². The molecule has 0 aliphatic carbocycles. The summed E-state index contributed by atoms with van der Waals surface area (Å²) >= 11 is 1.73. The van der Waals surface area contributed by atoms with E-state index < -0.39 is 21.8 Å². The summed E-state index contributed by atoms with van der Waals surface area (Å²) in [4.78, 5) is 12.8. The van der Waals surface area contributed by atoms with E-state index in [-0.39, 0.29) is 28.8 Å². The van der Waals surface area contributed by atoms with Crippen LogP contribution >= 0.6 is 32.2 Å². The van der Waals surface area contributed by atoms with E-state index in [0.29, 0.717) is 11.3 Å². The highest BCUT2D eigenvalue weighted by Crippen LogP contribution is 2.30. The standard InChI is InChI=1S/C23H22F2IN2O5PS/c1-15-12-17(27-22(29)20(14-32-26)16-6-3-2-4-7-16)10-11-21(15)35(30,31)28-18-8-5-9-19(13-18)33-23(24,25)34/h2-13,20,28H,14,34H2,1H3,(H,27,29). The number of nitrogens with one attached hydrogen (secondary N) is 2. The number of carbonyl (C=O) groups excluding carboxylic acids is 1. The highest BCUT2D eigenvalue weighted by Gasteiger charge is 2.25. The first kappa shape index (κ1) is 27.3. The maximum atomic E-state index is 13.1. The van der Waals surface area contributed by atoms with Gasteiger partial charge in [-0.15, -0.1) is 0 Å². The molecule has 3 aromatic rings. The molecule has 3 rings (SSSR count). The predicted octanol–water partition coefficient (Wildman–Crippen LogP) is 5.69. The van der Waals surface area contributed by atoms with E-state index in [9.17, 15) is 22.0 Å². The molecule has 2 atom stereocenters. The topological polar surface area (TPSA) is 93.7 Å². The fraction of sp³-hybridized carbons (Fsp3) is 0.174. The van der Waals surface area contributed by atoms with Gasteiger partial charge >= 0.3 is 5.85 Å². The average Bonchev–Trinajstić information content (AvgIpc) is 2.76. The predicted molar refractivity (Wildman–Crippen MR) is 141 cm³/mol. The number of benzene rings is 3. The van der Waals surface area contributed by atoms with Gasteiger partial charge in [0, 0.05) is 11.8 Å². The number of amides is 1. The summed E-state index contributed by atoms with van der Waals surface area (Å²) in [6.45, 7) is 1.75. The normalized spacial score (nSPS) is 12.6. The molecule has 12 heteroatoms. The van der Waals surface area contributed by atoms with Crippen LogP contribution in [-0.4, -0.2) is 26.8 Å². The minimum atomic E-state index is -4.05. The van der Waals surface area contributed by atoms with E-state index in [4.69, 9.17) is 3.07 Å². The number of hydrogen-bond donors (Lipinski definition) is 2. The van der Waals surface area contributed by atoms with Crippen molar-refractivity contribution in [3.8, 4) is 5.75 Å². The number of sulfonamides is 1. The highest BCUT2D eigenvalue weighted by atomic mass is 127. The molecule has 2 unspecified atom stereocenters. The van der Waals surface area contributed by atoms with Gasteiger partial charge in [-0.1, -0.05) is 36.4 Å². The van der Waals surface area contributed by atoms with Gasteiger partial charge in [0.05, 0.1) is 23.1 Å². The zero-order valence-electron chi connectivity index (χ0n) is 18.4. The molecule has 0 spiro atoms. The lowest BCUT2D eigenvalue weighted by molar-refractivity contribution is -0.118. The molecule has 2 N–H and O–H groups in total. The van der Waals surface area contributed by atoms with Crippen LogP contribution in [-0.2, 0) is 17.9 Å². The first-order valence-corrected chi connectivity index (χ1v) is 13.1. The van der Waals surface area contributed by atoms with Gasteiger partial charge in [-0.25, -0.2) is 8.42 Å². The van der Waals surface area contributed by atoms with E-state index in [1.165, 1.54) is 45.6 Å². The number of rotatable bonds is 10. The van der Waals surface area contributed by atoms with Crippen LogP contribution in [0, 0.1) is 6.92 Å². The maximum absolute atomic E-state index is 13.1. The van der Waals surface area contributed by atoms with Gasteiger partial charge in [0.1, 0.15) is 28.8 Å². The van der Waals surface area contributed by atoms with Gasteiger partial charge in [-0.3, -0.25) is 9.52 Å². The smallest absolute Gasteiger partial charge is 0.408 e. The van der Waals surface area contributed by atoms with Crippen molar-refractivity contribution in [1.29, 1.82) is 0 Å². The molecule has 3 aromatic carbocycles. The number of hydrogen-bond acceptors (Lipinski definition) is 5. The van der Waals surface area contributed by atoms with E-state index in [1.54, 1.807) is 29.9 Å². The number of carbonyl (C=O) groups is 1. The van der Waals surface area contributed by atoms with Gasteiger partial charge < -0.3 is 13.1 Å². The molecule has 0 saturated carbocycles. The first-order valence-electron chi connectivity index (χ1n) is 10.2. The summed E-state index contributed by atoms with van der Waals surface area (Å²) in [5.41, 5.74) is 1.63. The molecule has 0 saturated heterocycles. The van der Waals surface area contributed by atoms with E-state index in [1.807, 2.05) is 30.3 Å². The quantitative estimate of drug-likeness (QED) is 0.221. The second kappa shape index (κ2) is 11.6. The Balaban J connectivity index is 1.77. The monoisotopic (exact) mass is 634 g/mol. The maximum Gasteiger partial charge on any atom is 0.408 e. The summed E-state index contributed by atoms with van der Waals surface area (Å²) < 4.78 is 64.0. The summed E-state index contributed by atoms with van der Waals surface area (Å²) in [6.07, 6.45) is 0. The fourth-order valence-corrected chi connectivity index (χ4v) is 5.09. The molecule has 0 aliphatic heterocycles. The summed E-state index contributed by atoms with van der Waals surface area (Å²) in [5.74, 6) is -4.55. The van der Waals surface area contributed by atoms with Crippen molar-refractivity contribution < 1.29 is 29.8 Å². The Hall–Kier alpha value is -2.34. The van der Waals surface area contributed by atoms with Crippen molar-refractivity contribution in [1.82, 2.24) is 0 Å².